The zero-order chi connectivity index (χ0) is 24.2. The smallest absolute Gasteiger partial charge is 0.272 e. The summed E-state index contributed by atoms with van der Waals surface area (Å²) in [5.74, 6) is -0.00813. The van der Waals surface area contributed by atoms with Crippen LogP contribution in [0.3, 0.4) is 0 Å². The minimum absolute atomic E-state index is 0.0476. The summed E-state index contributed by atoms with van der Waals surface area (Å²) in [6.45, 7) is 3.94. The number of nitrogens with one attached hydrogen (secondary N) is 2. The molecule has 1 aliphatic heterocycles. The van der Waals surface area contributed by atoms with Gasteiger partial charge in [0.2, 0.25) is 6.79 Å². The van der Waals surface area contributed by atoms with Gasteiger partial charge < -0.3 is 20.1 Å². The molecule has 3 aromatic carbocycles. The van der Waals surface area contributed by atoms with Crippen molar-refractivity contribution >= 4 is 29.3 Å². The molecule has 3 aromatic rings. The molecule has 4 rings (SSSR count). The van der Waals surface area contributed by atoms with E-state index in [4.69, 9.17) is 9.47 Å². The molecule has 0 spiro atoms. The third-order valence-electron chi connectivity index (χ3n) is 5.28. The van der Waals surface area contributed by atoms with Crippen molar-refractivity contribution in [1.29, 1.82) is 0 Å². The monoisotopic (exact) mass is 459 g/mol. The van der Waals surface area contributed by atoms with Crippen LogP contribution in [0.2, 0.25) is 0 Å². The lowest BCUT2D eigenvalue weighted by Crippen LogP contribution is -2.30. The number of non-ortho nitro benzene ring substituents is 1. The van der Waals surface area contributed by atoms with Gasteiger partial charge in [-0.05, 0) is 66.9 Å². The van der Waals surface area contributed by atoms with Crippen molar-refractivity contribution in [3.05, 3.63) is 98.7 Å². The van der Waals surface area contributed by atoms with Crippen LogP contribution in [0, 0.1) is 24.0 Å². The molecule has 1 aliphatic rings. The summed E-state index contributed by atoms with van der Waals surface area (Å²) in [6.07, 6.45) is 1.49. The van der Waals surface area contributed by atoms with Gasteiger partial charge in [-0.2, -0.15) is 0 Å². The average Bonchev–Trinajstić information content (AvgIpc) is 3.28. The Hall–Kier alpha value is -4.66. The van der Waals surface area contributed by atoms with E-state index in [9.17, 15) is 19.7 Å². The van der Waals surface area contributed by atoms with Gasteiger partial charge in [-0.3, -0.25) is 19.7 Å². The first-order valence-corrected chi connectivity index (χ1v) is 10.4. The average molecular weight is 459 g/mol. The van der Waals surface area contributed by atoms with Gasteiger partial charge in [-0.15, -0.1) is 0 Å². The van der Waals surface area contributed by atoms with Crippen LogP contribution >= 0.6 is 0 Å². The van der Waals surface area contributed by atoms with E-state index in [0.29, 0.717) is 22.6 Å². The third-order valence-corrected chi connectivity index (χ3v) is 5.28. The Morgan fingerprint density at radius 2 is 1.76 bits per heavy atom. The number of hydrogen-bond donors (Lipinski definition) is 2. The first kappa shape index (κ1) is 22.5. The maximum atomic E-state index is 13.1. The summed E-state index contributed by atoms with van der Waals surface area (Å²) in [6, 6.07) is 15.9. The fourth-order valence-electron chi connectivity index (χ4n) is 3.30. The number of carbonyl (C=O) groups is 2. The summed E-state index contributed by atoms with van der Waals surface area (Å²) in [4.78, 5) is 36.5. The number of nitro benzene ring substituents is 1. The van der Waals surface area contributed by atoms with Gasteiger partial charge in [0.15, 0.2) is 11.5 Å². The van der Waals surface area contributed by atoms with E-state index in [0.717, 1.165) is 11.1 Å². The van der Waals surface area contributed by atoms with Crippen LogP contribution in [0.15, 0.2) is 66.4 Å². The van der Waals surface area contributed by atoms with Crippen LogP contribution in [0.1, 0.15) is 27.0 Å². The Kier molecular flexibility index (Phi) is 6.26. The van der Waals surface area contributed by atoms with E-state index < -0.39 is 16.7 Å². The van der Waals surface area contributed by atoms with E-state index in [-0.39, 0.29) is 23.9 Å². The Morgan fingerprint density at radius 1 is 0.971 bits per heavy atom. The molecule has 0 fully saturated rings. The summed E-state index contributed by atoms with van der Waals surface area (Å²) in [7, 11) is 0. The number of ether oxygens (including phenoxy) is 2. The molecule has 9 nitrogen and oxygen atoms in total. The van der Waals surface area contributed by atoms with Gasteiger partial charge in [-0.25, -0.2) is 0 Å². The quantitative estimate of drug-likeness (QED) is 0.321. The Balaban J connectivity index is 1.64. The number of carbonyl (C=O) groups excluding carboxylic acids is 2. The van der Waals surface area contributed by atoms with Crippen molar-refractivity contribution in [2.45, 2.75) is 13.8 Å². The molecule has 0 bridgehead atoms. The SMILES string of the molecule is Cc1ccc(C(=O)NC(=Cc2ccc3c(c2)OCO3)C(=O)Nc2cccc([N+](=O)[O-])c2)cc1C. The van der Waals surface area contributed by atoms with Crippen molar-refractivity contribution in [2.75, 3.05) is 12.1 Å². The molecule has 34 heavy (non-hydrogen) atoms. The molecule has 0 atom stereocenters. The van der Waals surface area contributed by atoms with Gasteiger partial charge in [0.1, 0.15) is 5.70 Å². The molecule has 0 saturated carbocycles. The summed E-state index contributed by atoms with van der Waals surface area (Å²) in [5, 5.41) is 16.3. The Bertz CT molecular complexity index is 1330. The van der Waals surface area contributed by atoms with Gasteiger partial charge >= 0.3 is 0 Å². The van der Waals surface area contributed by atoms with Crippen molar-refractivity contribution < 1.29 is 24.0 Å². The fourth-order valence-corrected chi connectivity index (χ4v) is 3.30. The normalized spacial score (nSPS) is 12.2. The first-order chi connectivity index (χ1) is 16.3. The number of nitro groups is 1. The molecule has 0 unspecified atom stereocenters. The number of rotatable bonds is 6. The van der Waals surface area contributed by atoms with Crippen molar-refractivity contribution in [3.63, 3.8) is 0 Å². The Morgan fingerprint density at radius 3 is 2.53 bits per heavy atom. The molecule has 0 aliphatic carbocycles. The molecule has 9 heteroatoms. The highest BCUT2D eigenvalue weighted by Gasteiger charge is 2.18. The first-order valence-electron chi connectivity index (χ1n) is 10.4. The summed E-state index contributed by atoms with van der Waals surface area (Å²) in [5.41, 5.74) is 2.96. The lowest BCUT2D eigenvalue weighted by atomic mass is 10.1. The standard InChI is InChI=1S/C25H21N3O6/c1-15-6-8-18(10-16(15)2)24(29)27-21(11-17-7-9-22-23(12-17)34-14-33-22)25(30)26-19-4-3-5-20(13-19)28(31)32/h3-13H,14H2,1-2H3,(H,26,30)(H,27,29). The van der Waals surface area contributed by atoms with Crippen molar-refractivity contribution in [1.82, 2.24) is 5.32 Å². The lowest BCUT2D eigenvalue weighted by Gasteiger charge is -2.12. The second-order valence-corrected chi connectivity index (χ2v) is 7.69. The van der Waals surface area contributed by atoms with Crippen molar-refractivity contribution in [3.8, 4) is 11.5 Å². The number of amides is 2. The second-order valence-electron chi connectivity index (χ2n) is 7.69. The minimum atomic E-state index is -0.643. The maximum absolute atomic E-state index is 13.1. The molecule has 0 radical (unpaired) electrons. The van der Waals surface area contributed by atoms with E-state index in [1.54, 1.807) is 30.3 Å². The molecular formula is C25H21N3O6. The van der Waals surface area contributed by atoms with Gasteiger partial charge in [-0.1, -0.05) is 18.2 Å². The highest BCUT2D eigenvalue weighted by Crippen LogP contribution is 2.33. The summed E-state index contributed by atoms with van der Waals surface area (Å²) >= 11 is 0. The molecule has 172 valence electrons. The van der Waals surface area contributed by atoms with E-state index in [1.165, 1.54) is 30.3 Å². The highest BCUT2D eigenvalue weighted by atomic mass is 16.7. The van der Waals surface area contributed by atoms with Crippen LogP contribution in [0.4, 0.5) is 11.4 Å². The molecule has 1 heterocycles. The number of aryl methyl sites for hydroxylation is 2. The van der Waals surface area contributed by atoms with Crippen LogP contribution in [-0.4, -0.2) is 23.5 Å². The van der Waals surface area contributed by atoms with Gasteiger partial charge in [0, 0.05) is 23.4 Å². The fraction of sp³-hybridized carbons (Fsp3) is 0.120. The minimum Gasteiger partial charge on any atom is -0.454 e. The second kappa shape index (κ2) is 9.45. The number of fused-ring (bicyclic) bond motifs is 1. The van der Waals surface area contributed by atoms with Crippen LogP contribution in [0.5, 0.6) is 11.5 Å². The third kappa shape index (κ3) is 5.04. The predicted molar refractivity (Wildman–Crippen MR) is 126 cm³/mol. The number of nitrogens with zero attached hydrogens (tertiary/aromatic N) is 1. The van der Waals surface area contributed by atoms with Gasteiger partial charge in [0.05, 0.1) is 4.92 Å². The highest BCUT2D eigenvalue weighted by molar-refractivity contribution is 6.10. The van der Waals surface area contributed by atoms with Crippen LogP contribution < -0.4 is 20.1 Å². The van der Waals surface area contributed by atoms with E-state index in [2.05, 4.69) is 10.6 Å². The van der Waals surface area contributed by atoms with E-state index >= 15 is 0 Å². The number of benzene rings is 3. The topological polar surface area (TPSA) is 120 Å². The number of anilines is 1. The molecular weight excluding hydrogens is 438 g/mol. The zero-order valence-corrected chi connectivity index (χ0v) is 18.5. The molecule has 0 saturated heterocycles. The largest absolute Gasteiger partial charge is 0.454 e. The molecule has 0 aromatic heterocycles. The molecule has 2 amide bonds. The number of hydrogen-bond acceptors (Lipinski definition) is 6. The maximum Gasteiger partial charge on any atom is 0.272 e. The van der Waals surface area contributed by atoms with Crippen LogP contribution in [0.25, 0.3) is 6.08 Å². The summed E-state index contributed by atoms with van der Waals surface area (Å²) < 4.78 is 10.7. The zero-order valence-electron chi connectivity index (χ0n) is 18.5. The lowest BCUT2D eigenvalue weighted by molar-refractivity contribution is -0.384. The molecule has 2 N–H and O–H groups in total. The van der Waals surface area contributed by atoms with Crippen molar-refractivity contribution in [2.24, 2.45) is 0 Å². The van der Waals surface area contributed by atoms with E-state index in [1.807, 2.05) is 19.9 Å². The Labute approximate surface area is 195 Å². The predicted octanol–water partition coefficient (Wildman–Crippen LogP) is 4.35. The van der Waals surface area contributed by atoms with Crippen LogP contribution in [-0.2, 0) is 4.79 Å². The van der Waals surface area contributed by atoms with Gasteiger partial charge in [0.25, 0.3) is 17.5 Å².